The van der Waals surface area contributed by atoms with Gasteiger partial charge in [0.1, 0.15) is 12.4 Å². The van der Waals surface area contributed by atoms with Gasteiger partial charge in [0.05, 0.1) is 32.9 Å². The summed E-state index contributed by atoms with van der Waals surface area (Å²) in [7, 11) is 1.74. The van der Waals surface area contributed by atoms with Gasteiger partial charge in [-0.15, -0.1) is 0 Å². The fraction of sp³-hybridized carbons (Fsp3) is 0.625. The maximum atomic E-state index is 5.61. The predicted molar refractivity (Wildman–Crippen MR) is 80.3 cm³/mol. The Morgan fingerprint density at radius 3 is 2.45 bits per heavy atom. The molecule has 0 bridgehead atoms. The number of quaternary nitrogens is 1. The Kier molecular flexibility index (Phi) is 9.92. The average Bonchev–Trinajstić information content (AvgIpc) is 2.50. The standard InChI is InChI=1S/C16H27NO3/c1-3-15-5-7-16(8-6-15)20-14-13-19-12-10-17-9-4-11-18-2/h5-8,17H,3-4,9-14H2,1-2H3/p+1. The molecule has 114 valence electrons. The Morgan fingerprint density at radius 1 is 0.950 bits per heavy atom. The summed E-state index contributed by atoms with van der Waals surface area (Å²) in [5.41, 5.74) is 1.33. The number of hydrogen-bond donors (Lipinski definition) is 1. The van der Waals surface area contributed by atoms with Crippen molar-refractivity contribution in [3.8, 4) is 5.75 Å². The van der Waals surface area contributed by atoms with Gasteiger partial charge in [-0.05, 0) is 24.1 Å². The van der Waals surface area contributed by atoms with Gasteiger partial charge in [0.2, 0.25) is 0 Å². The number of methoxy groups -OCH3 is 1. The minimum Gasteiger partial charge on any atom is -0.491 e. The van der Waals surface area contributed by atoms with Crippen LogP contribution in [0.3, 0.4) is 0 Å². The summed E-state index contributed by atoms with van der Waals surface area (Å²) in [6.45, 7) is 7.09. The predicted octanol–water partition coefficient (Wildman–Crippen LogP) is 1.24. The molecule has 0 aromatic heterocycles. The molecule has 0 spiro atoms. The molecule has 4 heteroatoms. The van der Waals surface area contributed by atoms with E-state index in [9.17, 15) is 0 Å². The number of benzene rings is 1. The average molecular weight is 282 g/mol. The van der Waals surface area contributed by atoms with E-state index < -0.39 is 0 Å². The van der Waals surface area contributed by atoms with Crippen LogP contribution in [-0.2, 0) is 15.9 Å². The molecule has 4 nitrogen and oxygen atoms in total. The Bertz CT molecular complexity index is 327. The molecule has 20 heavy (non-hydrogen) atoms. The van der Waals surface area contributed by atoms with Crippen LogP contribution in [0, 0.1) is 0 Å². The molecule has 0 saturated heterocycles. The van der Waals surface area contributed by atoms with Crippen LogP contribution in [0.15, 0.2) is 24.3 Å². The van der Waals surface area contributed by atoms with E-state index in [1.807, 2.05) is 12.1 Å². The topological polar surface area (TPSA) is 44.3 Å². The molecule has 0 heterocycles. The first kappa shape index (κ1) is 17.0. The second-order valence-electron chi connectivity index (χ2n) is 4.67. The maximum Gasteiger partial charge on any atom is 0.119 e. The fourth-order valence-corrected chi connectivity index (χ4v) is 1.82. The first-order chi connectivity index (χ1) is 9.86. The van der Waals surface area contributed by atoms with E-state index in [0.717, 1.165) is 44.9 Å². The minimum atomic E-state index is 0.606. The maximum absolute atomic E-state index is 5.61. The lowest BCUT2D eigenvalue weighted by molar-refractivity contribution is -0.656. The van der Waals surface area contributed by atoms with E-state index in [1.54, 1.807) is 7.11 Å². The molecule has 0 aliphatic rings. The molecule has 0 aliphatic carbocycles. The molecular weight excluding hydrogens is 254 g/mol. The highest BCUT2D eigenvalue weighted by molar-refractivity contribution is 5.27. The lowest BCUT2D eigenvalue weighted by Crippen LogP contribution is -2.85. The van der Waals surface area contributed by atoms with Crippen molar-refractivity contribution in [1.29, 1.82) is 0 Å². The van der Waals surface area contributed by atoms with Crippen molar-refractivity contribution < 1.29 is 19.5 Å². The Labute approximate surface area is 122 Å². The van der Waals surface area contributed by atoms with Gasteiger partial charge in [0.25, 0.3) is 0 Å². The van der Waals surface area contributed by atoms with E-state index in [-0.39, 0.29) is 0 Å². The molecule has 0 saturated carbocycles. The number of rotatable bonds is 12. The van der Waals surface area contributed by atoms with Gasteiger partial charge in [-0.2, -0.15) is 0 Å². The van der Waals surface area contributed by atoms with Gasteiger partial charge in [-0.25, -0.2) is 0 Å². The smallest absolute Gasteiger partial charge is 0.119 e. The zero-order chi connectivity index (χ0) is 14.5. The quantitative estimate of drug-likeness (QED) is 0.587. The summed E-state index contributed by atoms with van der Waals surface area (Å²) in [6, 6.07) is 8.24. The molecule has 1 aromatic rings. The van der Waals surface area contributed by atoms with Gasteiger partial charge in [0.15, 0.2) is 0 Å². The van der Waals surface area contributed by atoms with Crippen LogP contribution in [-0.4, -0.2) is 46.6 Å². The molecule has 0 atom stereocenters. The number of ether oxygens (including phenoxy) is 3. The molecular formula is C16H28NO3+. The molecule has 0 amide bonds. The SMILES string of the molecule is CCc1ccc(OCCOCC[NH2+]CCCOC)cc1. The van der Waals surface area contributed by atoms with Gasteiger partial charge in [-0.1, -0.05) is 19.1 Å². The van der Waals surface area contributed by atoms with Crippen LogP contribution in [0.2, 0.25) is 0 Å². The van der Waals surface area contributed by atoms with Crippen LogP contribution < -0.4 is 10.1 Å². The molecule has 1 rings (SSSR count). The van der Waals surface area contributed by atoms with Gasteiger partial charge in [0, 0.05) is 13.5 Å². The van der Waals surface area contributed by atoms with Crippen LogP contribution in [0.25, 0.3) is 0 Å². The summed E-state index contributed by atoms with van der Waals surface area (Å²) in [6.07, 6.45) is 2.15. The zero-order valence-electron chi connectivity index (χ0n) is 12.8. The summed E-state index contributed by atoms with van der Waals surface area (Å²) in [5, 5.41) is 2.25. The van der Waals surface area contributed by atoms with E-state index in [0.29, 0.717) is 13.2 Å². The normalized spacial score (nSPS) is 10.7. The van der Waals surface area contributed by atoms with Gasteiger partial charge >= 0.3 is 0 Å². The summed E-state index contributed by atoms with van der Waals surface area (Å²) >= 11 is 0. The third kappa shape index (κ3) is 8.15. The van der Waals surface area contributed by atoms with Gasteiger partial charge < -0.3 is 19.5 Å². The Morgan fingerprint density at radius 2 is 1.75 bits per heavy atom. The van der Waals surface area contributed by atoms with Crippen LogP contribution >= 0.6 is 0 Å². The van der Waals surface area contributed by atoms with Crippen molar-refractivity contribution in [2.75, 3.05) is 46.6 Å². The lowest BCUT2D eigenvalue weighted by Gasteiger charge is -2.07. The van der Waals surface area contributed by atoms with Crippen LogP contribution in [0.4, 0.5) is 0 Å². The fourth-order valence-electron chi connectivity index (χ4n) is 1.82. The molecule has 2 N–H and O–H groups in total. The summed E-state index contributed by atoms with van der Waals surface area (Å²) < 4.78 is 16.1. The molecule has 0 unspecified atom stereocenters. The molecule has 0 radical (unpaired) electrons. The number of hydrogen-bond acceptors (Lipinski definition) is 3. The van der Waals surface area contributed by atoms with Gasteiger partial charge in [-0.3, -0.25) is 0 Å². The highest BCUT2D eigenvalue weighted by Gasteiger charge is 1.96. The van der Waals surface area contributed by atoms with E-state index in [1.165, 1.54) is 5.56 Å². The van der Waals surface area contributed by atoms with Crippen molar-refractivity contribution in [2.45, 2.75) is 19.8 Å². The van der Waals surface area contributed by atoms with E-state index in [4.69, 9.17) is 14.2 Å². The first-order valence-electron chi connectivity index (χ1n) is 7.47. The van der Waals surface area contributed by atoms with Crippen LogP contribution in [0.1, 0.15) is 18.9 Å². The lowest BCUT2D eigenvalue weighted by atomic mass is 10.2. The third-order valence-electron chi connectivity index (χ3n) is 3.05. The zero-order valence-corrected chi connectivity index (χ0v) is 12.8. The van der Waals surface area contributed by atoms with Crippen molar-refractivity contribution in [1.82, 2.24) is 0 Å². The van der Waals surface area contributed by atoms with Crippen LogP contribution in [0.5, 0.6) is 5.75 Å². The minimum absolute atomic E-state index is 0.606. The van der Waals surface area contributed by atoms with Crippen molar-refractivity contribution in [2.24, 2.45) is 0 Å². The summed E-state index contributed by atoms with van der Waals surface area (Å²) in [4.78, 5) is 0. The van der Waals surface area contributed by atoms with E-state index >= 15 is 0 Å². The Hall–Kier alpha value is -1.10. The van der Waals surface area contributed by atoms with Crippen molar-refractivity contribution in [3.63, 3.8) is 0 Å². The molecule has 0 aliphatic heterocycles. The second-order valence-corrected chi connectivity index (χ2v) is 4.67. The second kappa shape index (κ2) is 11.7. The molecule has 1 aromatic carbocycles. The highest BCUT2D eigenvalue weighted by Crippen LogP contribution is 2.12. The Balaban J connectivity index is 1.91. The first-order valence-corrected chi connectivity index (χ1v) is 7.47. The van der Waals surface area contributed by atoms with E-state index in [2.05, 4.69) is 24.4 Å². The number of nitrogens with two attached hydrogens (primary N) is 1. The summed E-state index contributed by atoms with van der Waals surface area (Å²) in [5.74, 6) is 0.914. The largest absolute Gasteiger partial charge is 0.491 e. The molecule has 0 fully saturated rings. The third-order valence-corrected chi connectivity index (χ3v) is 3.05. The monoisotopic (exact) mass is 282 g/mol. The van der Waals surface area contributed by atoms with Crippen molar-refractivity contribution in [3.05, 3.63) is 29.8 Å². The number of aryl methyl sites for hydroxylation is 1. The highest BCUT2D eigenvalue weighted by atomic mass is 16.5. The van der Waals surface area contributed by atoms with Crippen molar-refractivity contribution >= 4 is 0 Å².